The van der Waals surface area contributed by atoms with E-state index in [2.05, 4.69) is 21.7 Å². The maximum atomic E-state index is 11.2. The number of nitriles is 1. The number of nitrogens with zero attached hydrogens (tertiary/aromatic N) is 2. The van der Waals surface area contributed by atoms with Crippen LogP contribution in [0.25, 0.3) is 10.9 Å². The van der Waals surface area contributed by atoms with Crippen molar-refractivity contribution < 1.29 is 4.79 Å². The molecule has 0 aliphatic carbocycles. The van der Waals surface area contributed by atoms with E-state index in [9.17, 15) is 10.1 Å². The van der Waals surface area contributed by atoms with Crippen LogP contribution in [0.1, 0.15) is 11.1 Å². The molecule has 0 unspecified atom stereocenters. The van der Waals surface area contributed by atoms with E-state index in [1.54, 1.807) is 6.07 Å². The molecule has 0 atom stereocenters. The van der Waals surface area contributed by atoms with E-state index < -0.39 is 10.7 Å². The van der Waals surface area contributed by atoms with Gasteiger partial charge in [0, 0.05) is 18.5 Å². The summed E-state index contributed by atoms with van der Waals surface area (Å²) in [5.41, 5.74) is 2.36. The third-order valence-corrected chi connectivity index (χ3v) is 3.40. The van der Waals surface area contributed by atoms with E-state index in [-0.39, 0.29) is 12.4 Å². The number of amides is 1. The van der Waals surface area contributed by atoms with Gasteiger partial charge >= 0.3 is 0 Å². The predicted octanol–water partition coefficient (Wildman–Crippen LogP) is 3.17. The van der Waals surface area contributed by atoms with Crippen molar-refractivity contribution in [2.45, 2.75) is 11.8 Å². The number of nitrogens with one attached hydrogen (secondary N) is 2. The second-order valence-corrected chi connectivity index (χ2v) is 5.81. The van der Waals surface area contributed by atoms with Crippen LogP contribution in [0.15, 0.2) is 24.3 Å². The minimum Gasteiger partial charge on any atom is -0.367 e. The van der Waals surface area contributed by atoms with E-state index in [1.165, 1.54) is 0 Å². The highest BCUT2D eigenvalue weighted by Crippen LogP contribution is 2.20. The minimum atomic E-state index is -1.09. The highest BCUT2D eigenvalue weighted by atomic mass is 35.5. The number of carbonyl (C=O) groups is 1. The quantitative estimate of drug-likeness (QED) is 0.623. The summed E-state index contributed by atoms with van der Waals surface area (Å²) in [5, 5.41) is 15.7. The highest BCUT2D eigenvalue weighted by molar-refractivity contribution is 6.53. The second-order valence-electron chi connectivity index (χ2n) is 4.71. The fourth-order valence-electron chi connectivity index (χ4n) is 1.94. The molecule has 1 amide bonds. The van der Waals surface area contributed by atoms with Gasteiger partial charge in [-0.2, -0.15) is 5.26 Å². The van der Waals surface area contributed by atoms with Crippen LogP contribution in [0.3, 0.4) is 0 Å². The van der Waals surface area contributed by atoms with Crippen LogP contribution >= 0.6 is 35.6 Å². The summed E-state index contributed by atoms with van der Waals surface area (Å²) in [4.78, 5) is 14.6. The minimum absolute atomic E-state index is 0. The molecule has 0 aliphatic rings. The number of hydrogen-bond acceptors (Lipinski definition) is 4. The van der Waals surface area contributed by atoms with Gasteiger partial charge in [-0.1, -0.05) is 35.3 Å². The lowest BCUT2D eigenvalue weighted by molar-refractivity contribution is -0.119. The number of pyridine rings is 1. The van der Waals surface area contributed by atoms with Crippen LogP contribution in [-0.4, -0.2) is 28.8 Å². The Morgan fingerprint density at radius 3 is 2.74 bits per heavy atom. The summed E-state index contributed by atoms with van der Waals surface area (Å²) in [6, 6.07) is 9.77. The molecule has 23 heavy (non-hydrogen) atoms. The van der Waals surface area contributed by atoms with Crippen LogP contribution in [0, 0.1) is 18.3 Å². The molecule has 0 bridgehead atoms. The number of fused-ring (bicyclic) bond motifs is 1. The zero-order valence-electron chi connectivity index (χ0n) is 12.3. The number of benzene rings is 1. The average Bonchev–Trinajstić information content (AvgIpc) is 2.50. The lowest BCUT2D eigenvalue weighted by Crippen LogP contribution is -2.32. The Bertz CT molecular complexity index is 743. The molecule has 5 nitrogen and oxygen atoms in total. The fourth-order valence-corrected chi connectivity index (χ4v) is 2.10. The Morgan fingerprint density at radius 2 is 2.09 bits per heavy atom. The second kappa shape index (κ2) is 8.78. The molecule has 1 heterocycles. The van der Waals surface area contributed by atoms with E-state index in [1.807, 2.05) is 25.1 Å². The van der Waals surface area contributed by atoms with Crippen LogP contribution < -0.4 is 10.6 Å². The largest absolute Gasteiger partial charge is 0.367 e. The molecule has 0 saturated carbocycles. The van der Waals surface area contributed by atoms with Crippen LogP contribution in [-0.2, 0) is 4.79 Å². The van der Waals surface area contributed by atoms with Gasteiger partial charge in [0.15, 0.2) is 4.84 Å². The van der Waals surface area contributed by atoms with Gasteiger partial charge in [0.2, 0.25) is 0 Å². The summed E-state index contributed by atoms with van der Waals surface area (Å²) in [7, 11) is 0. The first kappa shape index (κ1) is 19.3. The van der Waals surface area contributed by atoms with Crippen molar-refractivity contribution in [1.29, 1.82) is 5.26 Å². The highest BCUT2D eigenvalue weighted by Gasteiger charge is 2.10. The maximum absolute atomic E-state index is 11.2. The zero-order chi connectivity index (χ0) is 16.1. The lowest BCUT2D eigenvalue weighted by Gasteiger charge is -2.10. The summed E-state index contributed by atoms with van der Waals surface area (Å²) < 4.78 is 0. The van der Waals surface area contributed by atoms with Crippen molar-refractivity contribution in [2.75, 3.05) is 18.4 Å². The normalized spacial score (nSPS) is 10.0. The molecule has 0 aliphatic heterocycles. The van der Waals surface area contributed by atoms with E-state index in [0.29, 0.717) is 24.5 Å². The summed E-state index contributed by atoms with van der Waals surface area (Å²) in [5.74, 6) is 0.0379. The first-order valence-electron chi connectivity index (χ1n) is 6.62. The van der Waals surface area contributed by atoms with Gasteiger partial charge in [0.1, 0.15) is 11.9 Å². The first-order chi connectivity index (χ1) is 10.5. The van der Waals surface area contributed by atoms with Crippen LogP contribution in [0.5, 0.6) is 0 Å². The summed E-state index contributed by atoms with van der Waals surface area (Å²) >= 11 is 10.9. The molecular weight excluding hydrogens is 359 g/mol. The van der Waals surface area contributed by atoms with Gasteiger partial charge in [0.25, 0.3) is 5.91 Å². The van der Waals surface area contributed by atoms with Crippen molar-refractivity contribution in [2.24, 2.45) is 0 Å². The average molecular weight is 374 g/mol. The number of aryl methyl sites for hydroxylation is 1. The first-order valence-corrected chi connectivity index (χ1v) is 7.50. The maximum Gasteiger partial charge on any atom is 0.253 e. The smallest absolute Gasteiger partial charge is 0.253 e. The van der Waals surface area contributed by atoms with Gasteiger partial charge in [-0.25, -0.2) is 4.98 Å². The van der Waals surface area contributed by atoms with Crippen LogP contribution in [0.2, 0.25) is 0 Å². The number of aromatic nitrogens is 1. The Labute approximate surface area is 150 Å². The van der Waals surface area contributed by atoms with Gasteiger partial charge in [-0.15, -0.1) is 12.4 Å². The van der Waals surface area contributed by atoms with Crippen molar-refractivity contribution in [1.82, 2.24) is 10.3 Å². The number of alkyl halides is 2. The van der Waals surface area contributed by atoms with Crippen molar-refractivity contribution >= 4 is 58.2 Å². The third kappa shape index (κ3) is 5.14. The standard InChI is InChI=1S/C15H14Cl2N4O.ClH/c1-9-2-3-10-7-11(8-18)14(21-12(10)6-9)19-4-5-20-15(22)13(16)17;/h2-3,6-7,13H,4-5H2,1H3,(H,19,21)(H,20,22);1H. The van der Waals surface area contributed by atoms with Crippen molar-refractivity contribution in [3.63, 3.8) is 0 Å². The topological polar surface area (TPSA) is 77.8 Å². The van der Waals surface area contributed by atoms with Crippen molar-refractivity contribution in [3.8, 4) is 6.07 Å². The fraction of sp³-hybridized carbons (Fsp3) is 0.267. The molecule has 8 heteroatoms. The van der Waals surface area contributed by atoms with Gasteiger partial charge in [0.05, 0.1) is 11.1 Å². The Morgan fingerprint density at radius 1 is 1.35 bits per heavy atom. The van der Waals surface area contributed by atoms with E-state index >= 15 is 0 Å². The zero-order valence-corrected chi connectivity index (χ0v) is 14.6. The Kier molecular flexibility index (Phi) is 7.37. The summed E-state index contributed by atoms with van der Waals surface area (Å²) in [6.45, 7) is 2.72. The van der Waals surface area contributed by atoms with Crippen molar-refractivity contribution in [3.05, 3.63) is 35.4 Å². The molecule has 1 aromatic carbocycles. The molecule has 0 saturated heterocycles. The molecular formula is C15H15Cl3N4O. The Balaban J connectivity index is 0.00000264. The SMILES string of the molecule is Cc1ccc2cc(C#N)c(NCCNC(=O)C(Cl)Cl)nc2c1.Cl. The molecule has 0 spiro atoms. The molecule has 2 aromatic rings. The molecule has 0 radical (unpaired) electrons. The molecule has 2 rings (SSSR count). The number of halogens is 3. The van der Waals surface area contributed by atoms with Gasteiger partial charge in [-0.3, -0.25) is 4.79 Å². The lowest BCUT2D eigenvalue weighted by atomic mass is 10.1. The molecule has 0 fully saturated rings. The van der Waals surface area contributed by atoms with E-state index in [4.69, 9.17) is 23.2 Å². The number of rotatable bonds is 5. The number of hydrogen-bond donors (Lipinski definition) is 2. The molecule has 1 aromatic heterocycles. The number of carbonyl (C=O) groups excluding carboxylic acids is 1. The predicted molar refractivity (Wildman–Crippen MR) is 95.4 cm³/mol. The van der Waals surface area contributed by atoms with Crippen LogP contribution in [0.4, 0.5) is 5.82 Å². The monoisotopic (exact) mass is 372 g/mol. The molecule has 122 valence electrons. The third-order valence-electron chi connectivity index (χ3n) is 3.01. The van der Waals surface area contributed by atoms with Gasteiger partial charge < -0.3 is 10.6 Å². The molecule has 2 N–H and O–H groups in total. The summed E-state index contributed by atoms with van der Waals surface area (Å²) in [6.07, 6.45) is 0. The van der Waals surface area contributed by atoms with Gasteiger partial charge in [-0.05, 0) is 24.6 Å². The Hall–Kier alpha value is -1.74. The number of anilines is 1. The van der Waals surface area contributed by atoms with E-state index in [0.717, 1.165) is 16.5 Å².